The monoisotopic (exact) mass is 1740 g/mol. The van der Waals surface area contributed by atoms with Crippen LogP contribution < -0.4 is 47.9 Å². The Bertz CT molecular complexity index is 2850. The molecule has 3 saturated heterocycles. The van der Waals surface area contributed by atoms with Gasteiger partial charge in [0, 0.05) is 152 Å². The molecule has 36 heteroatoms. The topological polar surface area (TPSA) is 478 Å². The highest BCUT2D eigenvalue weighted by atomic mass is 16.7. The first kappa shape index (κ1) is 109. The number of Topliss-reactive ketones (excluding diaryl/α,β-unsaturated/α-hetero) is 1. The first-order valence-electron chi connectivity index (χ1n) is 44.3. The van der Waals surface area contributed by atoms with E-state index in [0.29, 0.717) is 110 Å². The van der Waals surface area contributed by atoms with Gasteiger partial charge in [-0.1, -0.05) is 80.1 Å². The summed E-state index contributed by atoms with van der Waals surface area (Å²) >= 11 is 0. The Labute approximate surface area is 721 Å². The molecule has 15 unspecified atom stereocenters. The predicted molar refractivity (Wildman–Crippen MR) is 447 cm³/mol. The van der Waals surface area contributed by atoms with Crippen molar-refractivity contribution in [3.05, 3.63) is 0 Å². The highest BCUT2D eigenvalue weighted by Gasteiger charge is 2.46. The van der Waals surface area contributed by atoms with Gasteiger partial charge in [0.25, 0.3) is 0 Å². The zero-order valence-corrected chi connectivity index (χ0v) is 74.8. The lowest BCUT2D eigenvalue weighted by Gasteiger charge is -2.44. The second kappa shape index (κ2) is 63.4. The Balaban J connectivity index is 1.58. The SMILES string of the molecule is CC(=O)NC1C(OCCCCC(=O)CCCCNC(=O)CCOCC(COCCC(=O)NCCCNC(=O)CCCCOC2OC(COC(C)=O)C(C)C(C)C2NC(C)=O)(COCCC(=O)NCCCNC(=O)CCCCOC2OC(COC(C)=O)C(C)C(C)C2NC(C)=O)NC(=O)CCCCCCCCCCC(=O)O)OC(COC(C)=O)C(C)C1C. The van der Waals surface area contributed by atoms with Gasteiger partial charge >= 0.3 is 23.9 Å². The Morgan fingerprint density at radius 3 is 0.885 bits per heavy atom. The maximum Gasteiger partial charge on any atom is 0.303 e. The Morgan fingerprint density at radius 1 is 0.303 bits per heavy atom. The van der Waals surface area contributed by atoms with Crippen molar-refractivity contribution in [1.29, 1.82) is 0 Å². The fourth-order valence-electron chi connectivity index (χ4n) is 14.4. The molecule has 0 aromatic carbocycles. The highest BCUT2D eigenvalue weighted by Crippen LogP contribution is 2.35. The number of carboxylic acids is 1. The number of ketones is 1. The number of nitrogens with one attached hydrogen (secondary N) is 9. The molecule has 3 aliphatic rings. The molecule has 36 nitrogen and oxygen atoms in total. The minimum absolute atomic E-state index is 0.0362. The van der Waals surface area contributed by atoms with Crippen molar-refractivity contribution in [3.8, 4) is 0 Å². The number of aliphatic carboxylic acids is 1. The van der Waals surface area contributed by atoms with E-state index in [0.717, 1.165) is 38.5 Å². The van der Waals surface area contributed by atoms with E-state index in [1.165, 1.54) is 41.5 Å². The molecular formula is C86H149N9O27. The largest absolute Gasteiger partial charge is 0.481 e. The molecule has 0 aliphatic carbocycles. The second-order valence-corrected chi connectivity index (χ2v) is 32.8. The Morgan fingerprint density at radius 2 is 0.574 bits per heavy atom. The Kier molecular flexibility index (Phi) is 56.4. The summed E-state index contributed by atoms with van der Waals surface area (Å²) in [5, 5.41) is 35.2. The van der Waals surface area contributed by atoms with Gasteiger partial charge < -0.3 is 110 Å². The summed E-state index contributed by atoms with van der Waals surface area (Å²) < 4.78 is 70.9. The van der Waals surface area contributed by atoms with Gasteiger partial charge in [-0.05, 0) is 113 Å². The predicted octanol–water partition coefficient (Wildman–Crippen LogP) is 5.90. The number of amides is 9. The lowest BCUT2D eigenvalue weighted by atomic mass is 9.82. The first-order valence-corrected chi connectivity index (χ1v) is 44.3. The van der Waals surface area contributed by atoms with Crippen molar-refractivity contribution in [3.63, 3.8) is 0 Å². The van der Waals surface area contributed by atoms with Crippen molar-refractivity contribution in [1.82, 2.24) is 47.9 Å². The number of carbonyl (C=O) groups is 14. The summed E-state index contributed by atoms with van der Waals surface area (Å²) in [4.78, 5) is 174. The van der Waals surface area contributed by atoms with E-state index in [2.05, 4.69) is 47.9 Å². The molecule has 3 fully saturated rings. The van der Waals surface area contributed by atoms with Crippen molar-refractivity contribution >= 4 is 82.8 Å². The molecule has 0 aromatic rings. The molecule has 700 valence electrons. The van der Waals surface area contributed by atoms with Crippen LogP contribution in [0.15, 0.2) is 0 Å². The second-order valence-electron chi connectivity index (χ2n) is 32.8. The summed E-state index contributed by atoms with van der Waals surface area (Å²) in [5.41, 5.74) is -1.38. The van der Waals surface area contributed by atoms with Crippen LogP contribution in [-0.2, 0) is 124 Å². The third-order valence-electron chi connectivity index (χ3n) is 22.2. The zero-order valence-electron chi connectivity index (χ0n) is 74.8. The molecule has 3 heterocycles. The van der Waals surface area contributed by atoms with Gasteiger partial charge in [-0.15, -0.1) is 0 Å². The molecule has 15 atom stereocenters. The normalized spacial score (nSPS) is 23.0. The van der Waals surface area contributed by atoms with Crippen LogP contribution in [0, 0.1) is 35.5 Å². The van der Waals surface area contributed by atoms with Crippen molar-refractivity contribution in [2.24, 2.45) is 35.5 Å². The lowest BCUT2D eigenvalue weighted by Crippen LogP contribution is -2.58. The van der Waals surface area contributed by atoms with Crippen molar-refractivity contribution in [2.45, 2.75) is 317 Å². The average molecular weight is 1740 g/mol. The molecule has 9 amide bonds. The van der Waals surface area contributed by atoms with Gasteiger partial charge in [-0.3, -0.25) is 67.1 Å². The van der Waals surface area contributed by atoms with Crippen LogP contribution in [-0.4, -0.2) is 261 Å². The van der Waals surface area contributed by atoms with Crippen LogP contribution in [0.2, 0.25) is 0 Å². The molecule has 0 radical (unpaired) electrons. The maximum atomic E-state index is 14.0. The number of carbonyl (C=O) groups excluding carboxylic acids is 13. The van der Waals surface area contributed by atoms with E-state index < -0.39 is 84.7 Å². The van der Waals surface area contributed by atoms with Crippen LogP contribution in [0.1, 0.15) is 256 Å². The molecular weight excluding hydrogens is 1590 g/mol. The standard InChI is InChI=1S/C86H149N9O27/c1-57-60(4)80(92-63(7)96)83(120-70(57)51-117-66(10)99)114-45-26-22-32-69(102)31-21-25-40-87-75(105)37-48-111-54-86(95-78(108)35-19-17-15-13-14-16-18-20-36-79(109)110,55-112-49-38-76(106)90-43-29-41-88-73(103)33-23-27-46-115-84-81(93-64(8)97)61(5)58(2)71(121-84)52-118-67(11)100)56-113-50-39-77(107)91-44-30-42-89-74(104)34-24-28-47-116-85-82(94-65(9)98)62(6)59(3)72(122-85)53-119-68(12)101/h57-62,70-72,80-85H,13-56H2,1-12H3,(H,87,105)(H,88,103)(H,89,104)(H,90,106)(H,91,107)(H,92,96)(H,93,97)(H,94,98)(H,95,108)(H,109,110). The summed E-state index contributed by atoms with van der Waals surface area (Å²) in [5.74, 6) is -4.67. The summed E-state index contributed by atoms with van der Waals surface area (Å²) in [6.07, 6.45) is 9.07. The minimum Gasteiger partial charge on any atom is -0.481 e. The van der Waals surface area contributed by atoms with E-state index in [9.17, 15) is 67.1 Å². The number of rotatable bonds is 67. The molecule has 0 bridgehead atoms. The van der Waals surface area contributed by atoms with Gasteiger partial charge in [0.15, 0.2) is 18.9 Å². The van der Waals surface area contributed by atoms with E-state index in [1.54, 1.807) is 0 Å². The number of ether oxygens (including phenoxy) is 12. The number of carboxylic acid groups (broad SMARTS) is 1. The fourth-order valence-corrected chi connectivity index (χ4v) is 14.4. The Hall–Kier alpha value is -7.58. The lowest BCUT2D eigenvalue weighted by molar-refractivity contribution is -0.244. The van der Waals surface area contributed by atoms with Crippen molar-refractivity contribution < 1.29 is 129 Å². The molecule has 3 aliphatic heterocycles. The quantitative estimate of drug-likeness (QED) is 0.0192. The van der Waals surface area contributed by atoms with Crippen LogP contribution in [0.4, 0.5) is 0 Å². The van der Waals surface area contributed by atoms with E-state index in [1.807, 2.05) is 41.5 Å². The van der Waals surface area contributed by atoms with Gasteiger partial charge in [0.2, 0.25) is 53.2 Å². The first-order chi connectivity index (χ1) is 58.2. The van der Waals surface area contributed by atoms with Gasteiger partial charge in [0.1, 0.15) is 31.1 Å². The molecule has 3 rings (SSSR count). The molecule has 10 N–H and O–H groups in total. The number of unbranched alkanes of at least 4 members (excludes halogenated alkanes) is 11. The van der Waals surface area contributed by atoms with Crippen LogP contribution in [0.3, 0.4) is 0 Å². The third-order valence-corrected chi connectivity index (χ3v) is 22.2. The molecule has 0 aromatic heterocycles. The van der Waals surface area contributed by atoms with Gasteiger partial charge in [-0.25, -0.2) is 0 Å². The summed E-state index contributed by atoms with van der Waals surface area (Å²) in [6, 6.07) is -1.28. The number of hydrogen-bond acceptors (Lipinski definition) is 26. The van der Waals surface area contributed by atoms with Crippen LogP contribution >= 0.6 is 0 Å². The highest BCUT2D eigenvalue weighted by molar-refractivity contribution is 5.80. The molecule has 122 heavy (non-hydrogen) atoms. The number of esters is 3. The van der Waals surface area contributed by atoms with E-state index >= 15 is 0 Å². The average Bonchev–Trinajstić information content (AvgIpc) is 0.815. The minimum atomic E-state index is -1.38. The van der Waals surface area contributed by atoms with Crippen molar-refractivity contribution in [2.75, 3.05) is 112 Å². The summed E-state index contributed by atoms with van der Waals surface area (Å²) in [7, 11) is 0. The van der Waals surface area contributed by atoms with Crippen LogP contribution in [0.25, 0.3) is 0 Å². The zero-order chi connectivity index (χ0) is 90.2. The molecule has 0 saturated carbocycles. The maximum absolute atomic E-state index is 14.0. The van der Waals surface area contributed by atoms with Gasteiger partial charge in [-0.2, -0.15) is 0 Å². The van der Waals surface area contributed by atoms with Gasteiger partial charge in [0.05, 0.1) is 76.1 Å². The number of hydrogen-bond donors (Lipinski definition) is 10. The third kappa shape index (κ3) is 48.6. The van der Waals surface area contributed by atoms with Crippen LogP contribution in [0.5, 0.6) is 0 Å². The molecule has 0 spiro atoms. The van der Waals surface area contributed by atoms with E-state index in [-0.39, 0.29) is 232 Å². The van der Waals surface area contributed by atoms with E-state index in [4.69, 9.17) is 61.9 Å². The summed E-state index contributed by atoms with van der Waals surface area (Å²) in [6.45, 7) is 21.6. The fraction of sp³-hybridized carbons (Fsp3) is 0.837. The smallest absolute Gasteiger partial charge is 0.303 e.